The fraction of sp³-hybridized carbons (Fsp3) is 0.600. The maximum Gasteiger partial charge on any atom is 0.341 e. The lowest BCUT2D eigenvalue weighted by Crippen LogP contribution is -2.17. The number of carbonyl (C=O) groups is 2. The van der Waals surface area contributed by atoms with Gasteiger partial charge < -0.3 is 14.6 Å². The first-order chi connectivity index (χ1) is 13.9. The van der Waals surface area contributed by atoms with Crippen molar-refractivity contribution in [3.05, 3.63) is 21.8 Å². The average molecular weight is 437 g/mol. The number of hydrogen-bond donors (Lipinski definition) is 1. The summed E-state index contributed by atoms with van der Waals surface area (Å²) in [7, 11) is 1.39. The summed E-state index contributed by atoms with van der Waals surface area (Å²) < 4.78 is 7.03. The summed E-state index contributed by atoms with van der Waals surface area (Å²) in [6.07, 6.45) is 6.36. The first kappa shape index (κ1) is 21.8. The molecular weight excluding hydrogens is 408 g/mol. The zero-order chi connectivity index (χ0) is 21.0. The fourth-order valence-electron chi connectivity index (χ4n) is 3.66. The number of thioether (sulfide) groups is 1. The molecule has 29 heavy (non-hydrogen) atoms. The first-order valence-electron chi connectivity index (χ1n) is 9.99. The van der Waals surface area contributed by atoms with E-state index in [0.29, 0.717) is 10.6 Å². The quantitative estimate of drug-likeness (QED) is 0.533. The van der Waals surface area contributed by atoms with Gasteiger partial charge in [-0.3, -0.25) is 4.79 Å². The molecule has 2 aromatic rings. The average Bonchev–Trinajstić information content (AvgIpc) is 3.19. The highest BCUT2D eigenvalue weighted by Gasteiger charge is 2.26. The molecule has 2 aromatic heterocycles. The molecule has 0 bridgehead atoms. The van der Waals surface area contributed by atoms with Gasteiger partial charge in [-0.15, -0.1) is 21.5 Å². The number of methoxy groups -OCH3 is 1. The SMILES string of the molecule is COC(=O)c1c(NC(=O)CSc2nnc(C)n2C(C)C)sc2c1CCCCCC2. The van der Waals surface area contributed by atoms with Gasteiger partial charge in [0.1, 0.15) is 10.8 Å². The number of hydrogen-bond acceptors (Lipinski definition) is 7. The van der Waals surface area contributed by atoms with Gasteiger partial charge in [-0.2, -0.15) is 0 Å². The molecule has 158 valence electrons. The van der Waals surface area contributed by atoms with Crippen molar-refractivity contribution >= 4 is 40.0 Å². The van der Waals surface area contributed by atoms with Crippen LogP contribution in [-0.4, -0.2) is 39.5 Å². The molecule has 0 atom stereocenters. The van der Waals surface area contributed by atoms with Crippen LogP contribution < -0.4 is 5.32 Å². The number of carbonyl (C=O) groups excluding carboxylic acids is 2. The number of nitrogens with zero attached hydrogens (tertiary/aromatic N) is 3. The van der Waals surface area contributed by atoms with E-state index < -0.39 is 0 Å². The Morgan fingerprint density at radius 2 is 1.93 bits per heavy atom. The maximum atomic E-state index is 12.7. The van der Waals surface area contributed by atoms with Crippen LogP contribution in [0.5, 0.6) is 0 Å². The standard InChI is InChI=1S/C20H28N4O3S2/c1-12(2)24-13(3)22-23-20(24)28-11-16(25)21-18-17(19(26)27-4)14-9-7-5-6-8-10-15(14)29-18/h12H,5-11H2,1-4H3,(H,21,25). The second kappa shape index (κ2) is 9.75. The van der Waals surface area contributed by atoms with Crippen LogP contribution in [0.2, 0.25) is 0 Å². The predicted octanol–water partition coefficient (Wildman–Crippen LogP) is 4.41. The molecule has 9 heteroatoms. The highest BCUT2D eigenvalue weighted by atomic mass is 32.2. The van der Waals surface area contributed by atoms with Crippen LogP contribution in [0.25, 0.3) is 0 Å². The van der Waals surface area contributed by atoms with Crippen molar-refractivity contribution in [3.63, 3.8) is 0 Å². The summed E-state index contributed by atoms with van der Waals surface area (Å²) in [5.74, 6) is 0.495. The van der Waals surface area contributed by atoms with E-state index in [0.717, 1.165) is 42.2 Å². The summed E-state index contributed by atoms with van der Waals surface area (Å²) >= 11 is 2.87. The van der Waals surface area contributed by atoms with E-state index in [2.05, 4.69) is 29.4 Å². The van der Waals surface area contributed by atoms with Crippen LogP contribution in [-0.2, 0) is 22.4 Å². The number of ether oxygens (including phenoxy) is 1. The topological polar surface area (TPSA) is 86.1 Å². The Kier molecular flexibility index (Phi) is 7.34. The number of thiophene rings is 1. The van der Waals surface area contributed by atoms with E-state index in [1.807, 2.05) is 11.5 Å². The number of fused-ring (bicyclic) bond motifs is 1. The van der Waals surface area contributed by atoms with Crippen LogP contribution in [0.1, 0.15) is 72.2 Å². The number of rotatable bonds is 6. The van der Waals surface area contributed by atoms with E-state index in [9.17, 15) is 9.59 Å². The van der Waals surface area contributed by atoms with Crippen LogP contribution in [0.4, 0.5) is 5.00 Å². The summed E-state index contributed by atoms with van der Waals surface area (Å²) in [6.45, 7) is 6.02. The number of amides is 1. The molecule has 0 saturated heterocycles. The second-order valence-corrected chi connectivity index (χ2v) is 9.49. The molecule has 0 fully saturated rings. The van der Waals surface area contributed by atoms with Gasteiger partial charge in [-0.1, -0.05) is 24.6 Å². The molecule has 1 amide bonds. The number of anilines is 1. The van der Waals surface area contributed by atoms with Gasteiger partial charge >= 0.3 is 5.97 Å². The second-order valence-electron chi connectivity index (χ2n) is 7.44. The van der Waals surface area contributed by atoms with E-state index in [4.69, 9.17) is 4.74 Å². The molecule has 0 saturated carbocycles. The number of nitrogens with one attached hydrogen (secondary N) is 1. The van der Waals surface area contributed by atoms with Gasteiger partial charge in [0, 0.05) is 10.9 Å². The highest BCUT2D eigenvalue weighted by Crippen LogP contribution is 2.37. The van der Waals surface area contributed by atoms with Gasteiger partial charge in [0.25, 0.3) is 0 Å². The minimum Gasteiger partial charge on any atom is -0.465 e. The minimum atomic E-state index is -0.374. The van der Waals surface area contributed by atoms with Gasteiger partial charge in [0.2, 0.25) is 5.91 Å². The molecular formula is C20H28N4O3S2. The molecule has 1 aliphatic rings. The third-order valence-electron chi connectivity index (χ3n) is 5.00. The molecule has 0 aliphatic heterocycles. The molecule has 0 spiro atoms. The van der Waals surface area contributed by atoms with Crippen molar-refractivity contribution in [1.82, 2.24) is 14.8 Å². The van der Waals surface area contributed by atoms with Crippen molar-refractivity contribution in [2.45, 2.75) is 70.5 Å². The van der Waals surface area contributed by atoms with Gasteiger partial charge in [0.05, 0.1) is 18.4 Å². The van der Waals surface area contributed by atoms with Crippen LogP contribution in [0.15, 0.2) is 5.16 Å². The Bertz CT molecular complexity index is 889. The highest BCUT2D eigenvalue weighted by molar-refractivity contribution is 7.99. The molecule has 3 rings (SSSR count). The number of esters is 1. The van der Waals surface area contributed by atoms with Crippen molar-refractivity contribution in [1.29, 1.82) is 0 Å². The van der Waals surface area contributed by atoms with E-state index in [1.165, 1.54) is 47.9 Å². The summed E-state index contributed by atoms with van der Waals surface area (Å²) in [5, 5.41) is 12.6. The lowest BCUT2D eigenvalue weighted by atomic mass is 9.96. The molecule has 1 aliphatic carbocycles. The molecule has 1 N–H and O–H groups in total. The lowest BCUT2D eigenvalue weighted by Gasteiger charge is -2.12. The van der Waals surface area contributed by atoms with Gasteiger partial charge in [0.15, 0.2) is 5.16 Å². The Morgan fingerprint density at radius 1 is 1.21 bits per heavy atom. The Labute approximate surface area is 179 Å². The van der Waals surface area contributed by atoms with Crippen molar-refractivity contribution in [3.8, 4) is 0 Å². The fourth-order valence-corrected chi connectivity index (χ4v) is 5.87. The minimum absolute atomic E-state index is 0.162. The Balaban J connectivity index is 1.76. The zero-order valence-electron chi connectivity index (χ0n) is 17.4. The van der Waals surface area contributed by atoms with Crippen LogP contribution in [0, 0.1) is 6.92 Å². The van der Waals surface area contributed by atoms with Crippen molar-refractivity contribution < 1.29 is 14.3 Å². The van der Waals surface area contributed by atoms with E-state index in [-0.39, 0.29) is 23.7 Å². The summed E-state index contributed by atoms with van der Waals surface area (Å²) in [6, 6.07) is 0.221. The number of aromatic nitrogens is 3. The van der Waals surface area contributed by atoms with E-state index >= 15 is 0 Å². The van der Waals surface area contributed by atoms with Crippen LogP contribution >= 0.6 is 23.1 Å². The summed E-state index contributed by atoms with van der Waals surface area (Å²) in [5.41, 5.74) is 1.59. The van der Waals surface area contributed by atoms with Gasteiger partial charge in [-0.25, -0.2) is 4.79 Å². The Morgan fingerprint density at radius 3 is 2.62 bits per heavy atom. The number of aryl methyl sites for hydroxylation is 2. The first-order valence-corrected chi connectivity index (χ1v) is 11.8. The van der Waals surface area contributed by atoms with E-state index in [1.54, 1.807) is 0 Å². The third kappa shape index (κ3) is 5.01. The molecule has 2 heterocycles. The van der Waals surface area contributed by atoms with Crippen molar-refractivity contribution in [2.75, 3.05) is 18.2 Å². The maximum absolute atomic E-state index is 12.7. The largest absolute Gasteiger partial charge is 0.465 e. The molecule has 0 aromatic carbocycles. The van der Waals surface area contributed by atoms with Crippen molar-refractivity contribution in [2.24, 2.45) is 0 Å². The molecule has 7 nitrogen and oxygen atoms in total. The summed E-state index contributed by atoms with van der Waals surface area (Å²) in [4.78, 5) is 26.3. The normalized spacial score (nSPS) is 14.2. The molecule has 0 unspecified atom stereocenters. The predicted molar refractivity (Wildman–Crippen MR) is 116 cm³/mol. The van der Waals surface area contributed by atoms with Gasteiger partial charge in [-0.05, 0) is 52.0 Å². The smallest absolute Gasteiger partial charge is 0.341 e. The van der Waals surface area contributed by atoms with Crippen LogP contribution in [0.3, 0.4) is 0 Å². The lowest BCUT2D eigenvalue weighted by molar-refractivity contribution is -0.113. The molecule has 0 radical (unpaired) electrons. The Hall–Kier alpha value is -1.87. The monoisotopic (exact) mass is 436 g/mol. The zero-order valence-corrected chi connectivity index (χ0v) is 19.0. The third-order valence-corrected chi connectivity index (χ3v) is 7.15.